The molecule has 1 N–H and O–H groups in total. The average Bonchev–Trinajstić information content (AvgIpc) is 3.30. The molecule has 0 radical (unpaired) electrons. The molecule has 7 nitrogen and oxygen atoms in total. The second kappa shape index (κ2) is 8.25. The standard InChI is InChI=1S/C21H18ClN5O2S/c1-12-19(30-21(25-12)15-6-5-14(22)9-18(15)29-3)20(28)26-24-10-13-4-7-17-16(8-13)23-11-27(17)2/h4-11H,1-3H3,(H,26,28)/b24-10+. The molecule has 4 rings (SSSR count). The minimum atomic E-state index is -0.320. The number of rotatable bonds is 5. The SMILES string of the molecule is COc1cc(Cl)ccc1-c1nc(C)c(C(=O)N/N=C/c2ccc3c(c2)ncn3C)s1. The number of imidazole rings is 1. The average molecular weight is 440 g/mol. The molecular weight excluding hydrogens is 422 g/mol. The van der Waals surface area contributed by atoms with Gasteiger partial charge in [-0.15, -0.1) is 11.3 Å². The van der Waals surface area contributed by atoms with Crippen LogP contribution < -0.4 is 10.2 Å². The molecule has 2 aromatic carbocycles. The Morgan fingerprint density at radius 1 is 1.30 bits per heavy atom. The van der Waals surface area contributed by atoms with Gasteiger partial charge >= 0.3 is 0 Å². The van der Waals surface area contributed by atoms with E-state index in [2.05, 4.69) is 20.5 Å². The van der Waals surface area contributed by atoms with Crippen LogP contribution in [0, 0.1) is 6.92 Å². The number of nitrogens with one attached hydrogen (secondary N) is 1. The molecule has 0 bridgehead atoms. The number of halogens is 1. The summed E-state index contributed by atoms with van der Waals surface area (Å²) in [4.78, 5) is 21.9. The zero-order chi connectivity index (χ0) is 21.3. The number of fused-ring (bicyclic) bond motifs is 1. The molecule has 0 aliphatic rings. The number of ether oxygens (including phenoxy) is 1. The van der Waals surface area contributed by atoms with Crippen LogP contribution >= 0.6 is 22.9 Å². The summed E-state index contributed by atoms with van der Waals surface area (Å²) in [6, 6.07) is 11.1. The Bertz CT molecular complexity index is 1280. The van der Waals surface area contributed by atoms with Crippen molar-refractivity contribution in [1.29, 1.82) is 0 Å². The number of thiazole rings is 1. The van der Waals surface area contributed by atoms with Crippen molar-refractivity contribution >= 4 is 46.1 Å². The van der Waals surface area contributed by atoms with Crippen molar-refractivity contribution in [1.82, 2.24) is 20.0 Å². The van der Waals surface area contributed by atoms with E-state index in [0.717, 1.165) is 22.2 Å². The van der Waals surface area contributed by atoms with Crippen molar-refractivity contribution in [2.75, 3.05) is 7.11 Å². The van der Waals surface area contributed by atoms with E-state index < -0.39 is 0 Å². The molecule has 30 heavy (non-hydrogen) atoms. The van der Waals surface area contributed by atoms with Gasteiger partial charge in [-0.25, -0.2) is 15.4 Å². The van der Waals surface area contributed by atoms with Crippen molar-refractivity contribution in [2.45, 2.75) is 6.92 Å². The zero-order valence-electron chi connectivity index (χ0n) is 16.5. The van der Waals surface area contributed by atoms with Gasteiger partial charge in [0.1, 0.15) is 15.6 Å². The second-order valence-corrected chi connectivity index (χ2v) is 8.02. The molecule has 0 aliphatic heterocycles. The van der Waals surface area contributed by atoms with E-state index in [1.165, 1.54) is 11.3 Å². The summed E-state index contributed by atoms with van der Waals surface area (Å²) in [7, 11) is 3.51. The highest BCUT2D eigenvalue weighted by atomic mass is 35.5. The Kier molecular flexibility index (Phi) is 5.52. The van der Waals surface area contributed by atoms with E-state index in [9.17, 15) is 4.79 Å². The number of aryl methyl sites for hydroxylation is 2. The number of hydrogen-bond donors (Lipinski definition) is 1. The van der Waals surface area contributed by atoms with Crippen LogP contribution in [0.15, 0.2) is 47.8 Å². The predicted octanol–water partition coefficient (Wildman–Crippen LogP) is 4.43. The third kappa shape index (κ3) is 3.92. The fourth-order valence-corrected chi connectivity index (χ4v) is 4.16. The van der Waals surface area contributed by atoms with Crippen molar-refractivity contribution < 1.29 is 9.53 Å². The first-order valence-corrected chi connectivity index (χ1v) is 10.2. The van der Waals surface area contributed by atoms with Crippen molar-refractivity contribution in [3.05, 3.63) is 63.9 Å². The molecule has 4 aromatic rings. The van der Waals surface area contributed by atoms with Crippen LogP contribution in [0.2, 0.25) is 5.02 Å². The molecule has 1 amide bonds. The van der Waals surface area contributed by atoms with Gasteiger partial charge in [-0.1, -0.05) is 17.7 Å². The number of aromatic nitrogens is 3. The Morgan fingerprint density at radius 3 is 2.93 bits per heavy atom. The van der Waals surface area contributed by atoms with Gasteiger partial charge in [0.05, 0.1) is 41.9 Å². The third-order valence-corrected chi connectivity index (χ3v) is 5.95. The largest absolute Gasteiger partial charge is 0.496 e. The third-order valence-electron chi connectivity index (χ3n) is 4.53. The molecule has 9 heteroatoms. The van der Waals surface area contributed by atoms with E-state index in [1.807, 2.05) is 35.9 Å². The van der Waals surface area contributed by atoms with Gasteiger partial charge in [0.25, 0.3) is 5.91 Å². The summed E-state index contributed by atoms with van der Waals surface area (Å²) in [5.74, 6) is 0.283. The Morgan fingerprint density at radius 2 is 2.13 bits per heavy atom. The molecule has 2 aromatic heterocycles. The maximum Gasteiger partial charge on any atom is 0.283 e. The van der Waals surface area contributed by atoms with Gasteiger partial charge in [-0.2, -0.15) is 5.10 Å². The molecule has 0 atom stereocenters. The van der Waals surface area contributed by atoms with Gasteiger partial charge < -0.3 is 9.30 Å². The number of nitrogens with zero attached hydrogens (tertiary/aromatic N) is 4. The van der Waals surface area contributed by atoms with Crippen molar-refractivity contribution in [3.8, 4) is 16.3 Å². The summed E-state index contributed by atoms with van der Waals surface area (Å²) in [6.45, 7) is 1.79. The van der Waals surface area contributed by atoms with Crippen LogP contribution in [0.1, 0.15) is 20.9 Å². The zero-order valence-corrected chi connectivity index (χ0v) is 18.1. The van der Waals surface area contributed by atoms with Crippen LogP contribution in [0.25, 0.3) is 21.6 Å². The normalized spacial score (nSPS) is 11.3. The first kappa shape index (κ1) is 20.1. The topological polar surface area (TPSA) is 81.4 Å². The number of carbonyl (C=O) groups is 1. The molecule has 0 aliphatic carbocycles. The smallest absolute Gasteiger partial charge is 0.283 e. The highest BCUT2D eigenvalue weighted by Crippen LogP contribution is 2.36. The second-order valence-electron chi connectivity index (χ2n) is 6.58. The lowest BCUT2D eigenvalue weighted by Crippen LogP contribution is -2.17. The number of hydrazone groups is 1. The first-order chi connectivity index (χ1) is 14.5. The Hall–Kier alpha value is -3.23. The Balaban J connectivity index is 1.51. The molecule has 2 heterocycles. The van der Waals surface area contributed by atoms with Gasteiger partial charge in [0.2, 0.25) is 0 Å². The molecular formula is C21H18ClN5O2S. The van der Waals surface area contributed by atoms with Crippen LogP contribution in [-0.2, 0) is 7.05 Å². The minimum absolute atomic E-state index is 0.320. The fourth-order valence-electron chi connectivity index (χ4n) is 3.01. The molecule has 0 spiro atoms. The van der Waals surface area contributed by atoms with E-state index in [1.54, 1.807) is 38.7 Å². The lowest BCUT2D eigenvalue weighted by molar-refractivity contribution is 0.0958. The van der Waals surface area contributed by atoms with E-state index in [0.29, 0.717) is 26.4 Å². The summed E-state index contributed by atoms with van der Waals surface area (Å²) >= 11 is 7.30. The number of amides is 1. The van der Waals surface area contributed by atoms with E-state index in [-0.39, 0.29) is 5.91 Å². The number of hydrogen-bond acceptors (Lipinski definition) is 6. The predicted molar refractivity (Wildman–Crippen MR) is 120 cm³/mol. The highest BCUT2D eigenvalue weighted by molar-refractivity contribution is 7.17. The quantitative estimate of drug-likeness (QED) is 0.368. The summed E-state index contributed by atoms with van der Waals surface area (Å²) in [5.41, 5.74) is 6.71. The summed E-state index contributed by atoms with van der Waals surface area (Å²) < 4.78 is 7.33. The maximum atomic E-state index is 12.6. The molecule has 0 saturated heterocycles. The number of benzene rings is 2. The van der Waals surface area contributed by atoms with Crippen molar-refractivity contribution in [2.24, 2.45) is 12.1 Å². The van der Waals surface area contributed by atoms with Crippen LogP contribution in [0.5, 0.6) is 5.75 Å². The van der Waals surface area contributed by atoms with E-state index >= 15 is 0 Å². The number of carbonyl (C=O) groups excluding carboxylic acids is 1. The van der Waals surface area contributed by atoms with Gasteiger partial charge in [-0.3, -0.25) is 4.79 Å². The number of methoxy groups -OCH3 is 1. The van der Waals surface area contributed by atoms with Crippen LogP contribution in [-0.4, -0.2) is 33.8 Å². The van der Waals surface area contributed by atoms with Crippen molar-refractivity contribution in [3.63, 3.8) is 0 Å². The van der Waals surface area contributed by atoms with E-state index in [4.69, 9.17) is 16.3 Å². The van der Waals surface area contributed by atoms with Gasteiger partial charge in [0.15, 0.2) is 0 Å². The van der Waals surface area contributed by atoms with Crippen LogP contribution in [0.3, 0.4) is 0 Å². The molecule has 0 saturated carbocycles. The van der Waals surface area contributed by atoms with Gasteiger partial charge in [-0.05, 0) is 42.8 Å². The maximum absolute atomic E-state index is 12.6. The van der Waals surface area contributed by atoms with Gasteiger partial charge in [0, 0.05) is 12.1 Å². The fraction of sp³-hybridized carbons (Fsp3) is 0.143. The Labute approximate surface area is 182 Å². The minimum Gasteiger partial charge on any atom is -0.496 e. The summed E-state index contributed by atoms with van der Waals surface area (Å²) in [5, 5.41) is 5.32. The monoisotopic (exact) mass is 439 g/mol. The van der Waals surface area contributed by atoms with Crippen LogP contribution in [0.4, 0.5) is 0 Å². The summed E-state index contributed by atoms with van der Waals surface area (Å²) in [6.07, 6.45) is 3.35. The first-order valence-electron chi connectivity index (χ1n) is 9.02. The lowest BCUT2D eigenvalue weighted by atomic mass is 10.2. The molecule has 152 valence electrons. The molecule has 0 fully saturated rings. The lowest BCUT2D eigenvalue weighted by Gasteiger charge is -2.05. The molecule has 0 unspecified atom stereocenters. The highest BCUT2D eigenvalue weighted by Gasteiger charge is 2.18.